The summed E-state index contributed by atoms with van der Waals surface area (Å²) in [5, 5.41) is 19.4. The molecule has 0 fully saturated rings. The molecule has 2 aromatic carbocycles. The molecule has 4 rings (SSSR count). The van der Waals surface area contributed by atoms with Crippen LogP contribution in [0, 0.1) is 0 Å². The van der Waals surface area contributed by atoms with Crippen molar-refractivity contribution in [2.45, 2.75) is 6.92 Å². The number of hydrazone groups is 1. The van der Waals surface area contributed by atoms with Gasteiger partial charge >= 0.3 is 0 Å². The average molecular weight is 497 g/mol. The number of halogens is 1. The maximum Gasteiger partial charge on any atom is 0.294 e. The lowest BCUT2D eigenvalue weighted by atomic mass is 10.1. The van der Waals surface area contributed by atoms with Crippen LogP contribution in [0.3, 0.4) is 0 Å². The molecule has 0 bridgehead atoms. The summed E-state index contributed by atoms with van der Waals surface area (Å²) in [5.74, 6) is 0.229. The number of nitrogens with one attached hydrogen (secondary N) is 1. The van der Waals surface area contributed by atoms with E-state index in [0.717, 1.165) is 10.0 Å². The van der Waals surface area contributed by atoms with Gasteiger partial charge in [-0.3, -0.25) is 4.79 Å². The minimum atomic E-state index is -0.566. The summed E-state index contributed by atoms with van der Waals surface area (Å²) in [6.07, 6.45) is 1.52. The van der Waals surface area contributed by atoms with Crippen molar-refractivity contribution in [3.05, 3.63) is 64.3 Å². The molecule has 4 aromatic rings. The standard InChI is InChI=1S/C20H17BrN8O3/c1-2-31-15-9-5-13(6-10-15)17-16(24-28-29(17)19-18(22)26-32-27-19)20(30)25-23-11-12-3-7-14(21)8-4-12/h3-11H,2H2,1H3,(H2,22,26)(H,25,30)/b23-11+. The molecule has 0 aliphatic heterocycles. The number of anilines is 1. The highest BCUT2D eigenvalue weighted by atomic mass is 79.9. The maximum absolute atomic E-state index is 12.9. The second kappa shape index (κ2) is 9.39. The van der Waals surface area contributed by atoms with E-state index in [4.69, 9.17) is 10.5 Å². The third-order valence-corrected chi connectivity index (χ3v) is 4.80. The Bertz CT molecular complexity index is 1250. The van der Waals surface area contributed by atoms with E-state index in [1.807, 2.05) is 31.2 Å². The molecule has 2 heterocycles. The van der Waals surface area contributed by atoms with Gasteiger partial charge in [-0.2, -0.15) is 9.78 Å². The highest BCUT2D eigenvalue weighted by molar-refractivity contribution is 9.10. The van der Waals surface area contributed by atoms with Crippen molar-refractivity contribution < 1.29 is 14.2 Å². The molecule has 0 saturated carbocycles. The number of nitrogens with zero attached hydrogens (tertiary/aromatic N) is 6. The van der Waals surface area contributed by atoms with E-state index in [9.17, 15) is 4.79 Å². The number of rotatable bonds is 7. The fourth-order valence-corrected chi connectivity index (χ4v) is 3.09. The van der Waals surface area contributed by atoms with E-state index in [1.165, 1.54) is 10.9 Å². The summed E-state index contributed by atoms with van der Waals surface area (Å²) >= 11 is 3.37. The van der Waals surface area contributed by atoms with E-state index in [1.54, 1.807) is 24.3 Å². The Balaban J connectivity index is 1.67. The molecule has 162 valence electrons. The highest BCUT2D eigenvalue weighted by Crippen LogP contribution is 2.28. The van der Waals surface area contributed by atoms with Crippen LogP contribution in [0.1, 0.15) is 23.0 Å². The van der Waals surface area contributed by atoms with Crippen LogP contribution in [0.4, 0.5) is 5.82 Å². The molecule has 0 aliphatic rings. The molecule has 12 heteroatoms. The van der Waals surface area contributed by atoms with Gasteiger partial charge in [0.15, 0.2) is 5.69 Å². The van der Waals surface area contributed by atoms with Crippen LogP contribution in [0.25, 0.3) is 17.1 Å². The summed E-state index contributed by atoms with van der Waals surface area (Å²) in [7, 11) is 0. The number of amides is 1. The zero-order valence-electron chi connectivity index (χ0n) is 16.8. The third kappa shape index (κ3) is 4.49. The van der Waals surface area contributed by atoms with E-state index in [2.05, 4.69) is 51.7 Å². The third-order valence-electron chi connectivity index (χ3n) is 4.27. The van der Waals surface area contributed by atoms with Crippen molar-refractivity contribution in [1.82, 2.24) is 30.7 Å². The number of nitrogens with two attached hydrogens (primary N) is 1. The molecule has 32 heavy (non-hydrogen) atoms. The van der Waals surface area contributed by atoms with E-state index >= 15 is 0 Å². The molecular formula is C20H17BrN8O3. The van der Waals surface area contributed by atoms with Gasteiger partial charge in [-0.1, -0.05) is 33.3 Å². The van der Waals surface area contributed by atoms with Gasteiger partial charge in [-0.05, 0) is 59.2 Å². The fraction of sp³-hybridized carbons (Fsp3) is 0.100. The van der Waals surface area contributed by atoms with Gasteiger partial charge in [0.1, 0.15) is 11.4 Å². The first kappa shape index (κ1) is 21.2. The van der Waals surface area contributed by atoms with Crippen molar-refractivity contribution >= 4 is 33.9 Å². The number of nitrogen functional groups attached to an aromatic ring is 1. The Kier molecular flexibility index (Phi) is 6.22. The largest absolute Gasteiger partial charge is 0.494 e. The summed E-state index contributed by atoms with van der Waals surface area (Å²) in [6, 6.07) is 14.5. The smallest absolute Gasteiger partial charge is 0.294 e. The summed E-state index contributed by atoms with van der Waals surface area (Å²) in [5.41, 5.74) is 10.1. The maximum atomic E-state index is 12.9. The number of hydrogen-bond acceptors (Lipinski definition) is 9. The molecule has 3 N–H and O–H groups in total. The minimum absolute atomic E-state index is 0.00213. The first-order valence-electron chi connectivity index (χ1n) is 9.43. The van der Waals surface area contributed by atoms with Crippen LogP contribution in [-0.4, -0.2) is 44.0 Å². The second-order valence-electron chi connectivity index (χ2n) is 6.38. The van der Waals surface area contributed by atoms with Crippen LogP contribution in [0.2, 0.25) is 0 Å². The zero-order chi connectivity index (χ0) is 22.5. The fourth-order valence-electron chi connectivity index (χ4n) is 2.82. The number of benzene rings is 2. The Morgan fingerprint density at radius 2 is 1.97 bits per heavy atom. The first-order valence-corrected chi connectivity index (χ1v) is 10.2. The van der Waals surface area contributed by atoms with Crippen molar-refractivity contribution in [2.75, 3.05) is 12.3 Å². The number of ether oxygens (including phenoxy) is 1. The van der Waals surface area contributed by atoms with Crippen LogP contribution in [-0.2, 0) is 0 Å². The highest BCUT2D eigenvalue weighted by Gasteiger charge is 2.25. The Morgan fingerprint density at radius 3 is 2.62 bits per heavy atom. The SMILES string of the molecule is CCOc1ccc(-c2c(C(=O)N/N=C/c3ccc(Br)cc3)nnn2-c2nonc2N)cc1. The normalized spacial score (nSPS) is 11.1. The van der Waals surface area contributed by atoms with E-state index in [-0.39, 0.29) is 17.3 Å². The Labute approximate surface area is 190 Å². The van der Waals surface area contributed by atoms with E-state index in [0.29, 0.717) is 23.6 Å². The Morgan fingerprint density at radius 1 is 1.22 bits per heavy atom. The lowest BCUT2D eigenvalue weighted by Gasteiger charge is -2.07. The van der Waals surface area contributed by atoms with Crippen LogP contribution < -0.4 is 15.9 Å². The topological polar surface area (TPSA) is 146 Å². The van der Waals surface area contributed by atoms with Crippen LogP contribution in [0.15, 0.2) is 62.7 Å². The molecule has 2 aromatic heterocycles. The van der Waals surface area contributed by atoms with Crippen molar-refractivity contribution in [1.29, 1.82) is 0 Å². The van der Waals surface area contributed by atoms with Crippen LogP contribution in [0.5, 0.6) is 5.75 Å². The molecule has 0 aliphatic carbocycles. The van der Waals surface area contributed by atoms with Crippen molar-refractivity contribution in [2.24, 2.45) is 5.10 Å². The molecule has 1 amide bonds. The summed E-state index contributed by atoms with van der Waals surface area (Å²) < 4.78 is 12.4. The first-order chi connectivity index (χ1) is 15.6. The molecule has 11 nitrogen and oxygen atoms in total. The number of aromatic nitrogens is 5. The van der Waals surface area contributed by atoms with Gasteiger partial charge in [-0.25, -0.2) is 10.1 Å². The number of carbonyl (C=O) groups is 1. The summed E-state index contributed by atoms with van der Waals surface area (Å²) in [6.45, 7) is 2.43. The molecule has 0 radical (unpaired) electrons. The van der Waals surface area contributed by atoms with E-state index < -0.39 is 5.91 Å². The van der Waals surface area contributed by atoms with Gasteiger partial charge in [0.05, 0.1) is 12.8 Å². The van der Waals surface area contributed by atoms with Gasteiger partial charge < -0.3 is 10.5 Å². The average Bonchev–Trinajstić information content (AvgIpc) is 3.42. The molecule has 0 unspecified atom stereocenters. The molecule has 0 spiro atoms. The van der Waals surface area contributed by atoms with Gasteiger partial charge in [0, 0.05) is 10.0 Å². The number of carbonyl (C=O) groups excluding carboxylic acids is 1. The van der Waals surface area contributed by atoms with Crippen LogP contribution >= 0.6 is 15.9 Å². The van der Waals surface area contributed by atoms with Crippen molar-refractivity contribution in [3.63, 3.8) is 0 Å². The van der Waals surface area contributed by atoms with Crippen molar-refractivity contribution in [3.8, 4) is 22.8 Å². The Hall–Kier alpha value is -4.06. The predicted molar refractivity (Wildman–Crippen MR) is 119 cm³/mol. The quantitative estimate of drug-likeness (QED) is 0.293. The van der Waals surface area contributed by atoms with Gasteiger partial charge in [-0.15, -0.1) is 5.10 Å². The predicted octanol–water partition coefficient (Wildman–Crippen LogP) is 2.82. The lowest BCUT2D eigenvalue weighted by molar-refractivity contribution is 0.0950. The minimum Gasteiger partial charge on any atom is -0.494 e. The monoisotopic (exact) mass is 496 g/mol. The zero-order valence-corrected chi connectivity index (χ0v) is 18.4. The van der Waals surface area contributed by atoms with Gasteiger partial charge in [0.2, 0.25) is 11.6 Å². The number of hydrogen-bond donors (Lipinski definition) is 2. The summed E-state index contributed by atoms with van der Waals surface area (Å²) in [4.78, 5) is 12.9. The van der Waals surface area contributed by atoms with Gasteiger partial charge in [0.25, 0.3) is 5.91 Å². The molecule has 0 saturated heterocycles. The second-order valence-corrected chi connectivity index (χ2v) is 7.30. The molecule has 0 atom stereocenters. The lowest BCUT2D eigenvalue weighted by Crippen LogP contribution is -2.19. The molecular weight excluding hydrogens is 480 g/mol.